The second kappa shape index (κ2) is 1.95. The highest BCUT2D eigenvalue weighted by Gasteiger charge is 2.23. The van der Waals surface area contributed by atoms with Crippen LogP contribution in [0.15, 0.2) is 4.52 Å². The van der Waals surface area contributed by atoms with E-state index in [0.717, 1.165) is 0 Å². The van der Waals surface area contributed by atoms with Gasteiger partial charge in [-0.2, -0.15) is 4.98 Å². The molecule has 0 aliphatic rings. The van der Waals surface area contributed by atoms with Crippen LogP contribution in [-0.4, -0.2) is 15.2 Å². The average molecular weight is 143 g/mol. The van der Waals surface area contributed by atoms with Crippen LogP contribution < -0.4 is 5.73 Å². The van der Waals surface area contributed by atoms with Crippen molar-refractivity contribution in [1.29, 1.82) is 0 Å². The number of nitrogens with two attached hydrogens (primary N) is 1. The summed E-state index contributed by atoms with van der Waals surface area (Å²) in [6.45, 7) is 3.08. The predicted octanol–water partition coefficient (Wildman–Crippen LogP) is -0.121. The van der Waals surface area contributed by atoms with Gasteiger partial charge in [0.25, 0.3) is 11.8 Å². The molecule has 1 heterocycles. The number of rotatable bonds is 1. The van der Waals surface area contributed by atoms with Gasteiger partial charge < -0.3 is 15.4 Å². The monoisotopic (exact) mass is 143 g/mol. The molecule has 5 heteroatoms. The molecule has 0 saturated carbocycles. The number of anilines is 1. The molecule has 1 aromatic rings. The topological polar surface area (TPSA) is 85.2 Å². The average Bonchev–Trinajstić information content (AvgIpc) is 2.11. The Kier molecular flexibility index (Phi) is 1.37. The first kappa shape index (κ1) is 7.01. The van der Waals surface area contributed by atoms with E-state index in [1.54, 1.807) is 13.8 Å². The largest absolute Gasteiger partial charge is 0.381 e. The second-order valence-corrected chi connectivity index (χ2v) is 2.52. The molecule has 0 saturated heterocycles. The number of hydrogen-bond donors (Lipinski definition) is 2. The first-order chi connectivity index (χ1) is 4.50. The molecule has 1 aromatic heterocycles. The summed E-state index contributed by atoms with van der Waals surface area (Å²) >= 11 is 0. The third-order valence-electron chi connectivity index (χ3n) is 0.965. The zero-order chi connectivity index (χ0) is 7.78. The maximum atomic E-state index is 9.25. The number of nitrogen functional groups attached to an aromatic ring is 1. The highest BCUT2D eigenvalue weighted by molar-refractivity contribution is 5.12. The molecule has 1 rings (SSSR count). The van der Waals surface area contributed by atoms with Crippen molar-refractivity contribution < 1.29 is 9.63 Å². The lowest BCUT2D eigenvalue weighted by Gasteiger charge is -2.08. The highest BCUT2D eigenvalue weighted by Crippen LogP contribution is 2.16. The predicted molar refractivity (Wildman–Crippen MR) is 34.0 cm³/mol. The van der Waals surface area contributed by atoms with Gasteiger partial charge in [0.2, 0.25) is 0 Å². The molecule has 0 aromatic carbocycles. The fourth-order valence-corrected chi connectivity index (χ4v) is 0.483. The fourth-order valence-electron chi connectivity index (χ4n) is 0.483. The maximum Gasteiger partial charge on any atom is 0.260 e. The van der Waals surface area contributed by atoms with E-state index >= 15 is 0 Å². The molecule has 0 aliphatic carbocycles. The van der Waals surface area contributed by atoms with Gasteiger partial charge in [-0.3, -0.25) is 0 Å². The Morgan fingerprint density at radius 1 is 1.60 bits per heavy atom. The van der Waals surface area contributed by atoms with E-state index in [2.05, 4.69) is 14.7 Å². The Morgan fingerprint density at radius 3 is 2.40 bits per heavy atom. The van der Waals surface area contributed by atoms with Gasteiger partial charge >= 0.3 is 0 Å². The van der Waals surface area contributed by atoms with Crippen molar-refractivity contribution in [2.24, 2.45) is 0 Å². The van der Waals surface area contributed by atoms with Gasteiger partial charge in [0, 0.05) is 0 Å². The Labute approximate surface area is 57.8 Å². The van der Waals surface area contributed by atoms with E-state index in [4.69, 9.17) is 5.73 Å². The van der Waals surface area contributed by atoms with Crippen LogP contribution in [0, 0.1) is 0 Å². The molecular formula is C5H9N3O2. The molecule has 0 fully saturated rings. The zero-order valence-electron chi connectivity index (χ0n) is 5.83. The summed E-state index contributed by atoms with van der Waals surface area (Å²) in [5.74, 6) is 0.169. The number of aromatic nitrogens is 2. The summed E-state index contributed by atoms with van der Waals surface area (Å²) in [4.78, 5) is 3.63. The van der Waals surface area contributed by atoms with Crippen LogP contribution in [0.2, 0.25) is 0 Å². The van der Waals surface area contributed by atoms with E-state index in [-0.39, 0.29) is 11.8 Å². The number of nitrogens with zero attached hydrogens (tertiary/aromatic N) is 2. The Morgan fingerprint density at radius 2 is 2.20 bits per heavy atom. The first-order valence-corrected chi connectivity index (χ1v) is 2.82. The van der Waals surface area contributed by atoms with Gasteiger partial charge in [-0.05, 0) is 19.0 Å². The van der Waals surface area contributed by atoms with E-state index in [9.17, 15) is 5.11 Å². The lowest BCUT2D eigenvalue weighted by atomic mass is 10.1. The molecule has 3 N–H and O–H groups in total. The third-order valence-corrected chi connectivity index (χ3v) is 0.965. The summed E-state index contributed by atoms with van der Waals surface area (Å²) in [6.07, 6.45) is 0. The van der Waals surface area contributed by atoms with Crippen molar-refractivity contribution in [3.63, 3.8) is 0 Å². The van der Waals surface area contributed by atoms with Crippen LogP contribution in [-0.2, 0) is 5.60 Å². The van der Waals surface area contributed by atoms with Crippen molar-refractivity contribution in [1.82, 2.24) is 10.1 Å². The van der Waals surface area contributed by atoms with E-state index in [1.165, 1.54) is 0 Å². The lowest BCUT2D eigenvalue weighted by Crippen LogP contribution is -2.15. The van der Waals surface area contributed by atoms with Gasteiger partial charge in [0.05, 0.1) is 0 Å². The smallest absolute Gasteiger partial charge is 0.260 e. The zero-order valence-corrected chi connectivity index (χ0v) is 5.83. The van der Waals surface area contributed by atoms with E-state index in [1.807, 2.05) is 0 Å². The quantitative estimate of drug-likeness (QED) is 0.572. The molecule has 0 aliphatic heterocycles. The minimum absolute atomic E-state index is 0.0390. The van der Waals surface area contributed by atoms with Crippen molar-refractivity contribution in [2.75, 3.05) is 5.73 Å². The van der Waals surface area contributed by atoms with Gasteiger partial charge in [-0.15, -0.1) is 0 Å². The summed E-state index contributed by atoms with van der Waals surface area (Å²) in [6, 6.07) is 0. The van der Waals surface area contributed by atoms with E-state index < -0.39 is 5.60 Å². The summed E-state index contributed by atoms with van der Waals surface area (Å²) < 4.78 is 4.59. The molecule has 0 amide bonds. The molecule has 5 nitrogen and oxygen atoms in total. The second-order valence-electron chi connectivity index (χ2n) is 2.52. The number of aliphatic hydroxyl groups is 1. The van der Waals surface area contributed by atoms with Crippen LogP contribution in [0.25, 0.3) is 0 Å². The minimum Gasteiger partial charge on any atom is -0.381 e. The van der Waals surface area contributed by atoms with Gasteiger partial charge in [0.1, 0.15) is 5.60 Å². The fraction of sp³-hybridized carbons (Fsp3) is 0.600. The van der Waals surface area contributed by atoms with Crippen LogP contribution in [0.4, 0.5) is 5.95 Å². The molecule has 0 unspecified atom stereocenters. The summed E-state index contributed by atoms with van der Waals surface area (Å²) in [7, 11) is 0. The van der Waals surface area contributed by atoms with Crippen molar-refractivity contribution in [3.05, 3.63) is 5.89 Å². The summed E-state index contributed by atoms with van der Waals surface area (Å²) in [5, 5.41) is 12.6. The van der Waals surface area contributed by atoms with Gasteiger partial charge in [0.15, 0.2) is 0 Å². The van der Waals surface area contributed by atoms with Gasteiger partial charge in [-0.25, -0.2) is 0 Å². The molecule has 10 heavy (non-hydrogen) atoms. The van der Waals surface area contributed by atoms with E-state index in [0.29, 0.717) is 0 Å². The number of hydrogen-bond acceptors (Lipinski definition) is 5. The molecule has 0 spiro atoms. The third kappa shape index (κ3) is 1.24. The minimum atomic E-state index is -1.11. The first-order valence-electron chi connectivity index (χ1n) is 2.82. The molecule has 56 valence electrons. The van der Waals surface area contributed by atoms with Crippen molar-refractivity contribution in [3.8, 4) is 0 Å². The summed E-state index contributed by atoms with van der Waals surface area (Å²) in [5.41, 5.74) is 4.04. The Hall–Kier alpha value is -1.10. The standard InChI is InChI=1S/C5H9N3O2/c1-5(2,9)3-7-4(6)8-10-3/h9H,1-2H3,(H2,6,8). The molecule has 0 radical (unpaired) electrons. The van der Waals surface area contributed by atoms with Crippen molar-refractivity contribution >= 4 is 5.95 Å². The van der Waals surface area contributed by atoms with Crippen LogP contribution in [0.1, 0.15) is 19.7 Å². The normalized spacial score (nSPS) is 11.9. The molecule has 0 atom stereocenters. The van der Waals surface area contributed by atoms with Crippen LogP contribution in [0.5, 0.6) is 0 Å². The van der Waals surface area contributed by atoms with Gasteiger partial charge in [-0.1, -0.05) is 0 Å². The maximum absolute atomic E-state index is 9.25. The van der Waals surface area contributed by atoms with Crippen molar-refractivity contribution in [2.45, 2.75) is 19.4 Å². The SMILES string of the molecule is CC(C)(O)c1nc(N)no1. The van der Waals surface area contributed by atoms with Crippen LogP contribution >= 0.6 is 0 Å². The molecular weight excluding hydrogens is 134 g/mol. The molecule has 0 bridgehead atoms. The highest BCUT2D eigenvalue weighted by atomic mass is 16.5. The Bertz CT molecular complexity index is 225. The lowest BCUT2D eigenvalue weighted by molar-refractivity contribution is 0.0420. The van der Waals surface area contributed by atoms with Crippen LogP contribution in [0.3, 0.4) is 0 Å². The Balaban J connectivity index is 2.96.